The Balaban J connectivity index is 0.00000112. The summed E-state index contributed by atoms with van der Waals surface area (Å²) in [4.78, 5) is 0. The fourth-order valence-corrected chi connectivity index (χ4v) is 2.02. The molecule has 1 N–H and O–H groups in total. The summed E-state index contributed by atoms with van der Waals surface area (Å²) in [6, 6.07) is 4.06. The molecule has 0 radical (unpaired) electrons. The normalized spacial score (nSPS) is 18.0. The van der Waals surface area contributed by atoms with Gasteiger partial charge in [-0.25, -0.2) is 0 Å². The Hall–Kier alpha value is -0.470. The van der Waals surface area contributed by atoms with Gasteiger partial charge in [0.1, 0.15) is 11.5 Å². The third-order valence-corrected chi connectivity index (χ3v) is 3.21. The summed E-state index contributed by atoms with van der Waals surface area (Å²) in [5, 5.41) is 3.46. The van der Waals surface area contributed by atoms with Gasteiger partial charge in [0.15, 0.2) is 0 Å². The molecule has 0 aliphatic heterocycles. The standard InChI is InChI=1S/C12H19NO.ClH/c1-10-4-5-11(14-10)8-13-9-12(2)6-3-7-12;/h4-5,13H,3,6-9H2,1-2H3;1H. The monoisotopic (exact) mass is 229 g/mol. The molecule has 2 nitrogen and oxygen atoms in total. The number of furan rings is 1. The maximum absolute atomic E-state index is 5.49. The van der Waals surface area contributed by atoms with Gasteiger partial charge < -0.3 is 9.73 Å². The summed E-state index contributed by atoms with van der Waals surface area (Å²) < 4.78 is 5.49. The first kappa shape index (κ1) is 12.6. The SMILES string of the molecule is Cc1ccc(CNCC2(C)CCC2)o1.Cl. The first-order valence-corrected chi connectivity index (χ1v) is 5.44. The highest BCUT2D eigenvalue weighted by Crippen LogP contribution is 2.39. The molecule has 86 valence electrons. The van der Waals surface area contributed by atoms with Gasteiger partial charge in [0.05, 0.1) is 6.54 Å². The van der Waals surface area contributed by atoms with Crippen LogP contribution >= 0.6 is 12.4 Å². The fraction of sp³-hybridized carbons (Fsp3) is 0.667. The van der Waals surface area contributed by atoms with Crippen molar-refractivity contribution in [3.05, 3.63) is 23.7 Å². The second-order valence-corrected chi connectivity index (χ2v) is 4.78. The Morgan fingerprint density at radius 1 is 1.40 bits per heavy atom. The average Bonchev–Trinajstić information content (AvgIpc) is 2.49. The van der Waals surface area contributed by atoms with Gasteiger partial charge in [0, 0.05) is 6.54 Å². The van der Waals surface area contributed by atoms with Crippen molar-refractivity contribution in [2.45, 2.75) is 39.7 Å². The van der Waals surface area contributed by atoms with E-state index < -0.39 is 0 Å². The summed E-state index contributed by atoms with van der Waals surface area (Å²) in [6.45, 7) is 6.32. The number of nitrogens with one attached hydrogen (secondary N) is 1. The van der Waals surface area contributed by atoms with Crippen LogP contribution in [0.3, 0.4) is 0 Å². The molecule has 0 spiro atoms. The Morgan fingerprint density at radius 3 is 2.60 bits per heavy atom. The zero-order chi connectivity index (χ0) is 10.0. The van der Waals surface area contributed by atoms with Crippen LogP contribution in [0.15, 0.2) is 16.5 Å². The van der Waals surface area contributed by atoms with Crippen molar-refractivity contribution in [3.8, 4) is 0 Å². The predicted molar refractivity (Wildman–Crippen MR) is 64.4 cm³/mol. The lowest BCUT2D eigenvalue weighted by atomic mass is 9.70. The van der Waals surface area contributed by atoms with Gasteiger partial charge in [-0.3, -0.25) is 0 Å². The molecule has 1 fully saturated rings. The predicted octanol–water partition coefficient (Wildman–Crippen LogP) is 3.29. The molecule has 0 atom stereocenters. The molecule has 0 amide bonds. The third-order valence-electron chi connectivity index (χ3n) is 3.21. The van der Waals surface area contributed by atoms with Crippen molar-refractivity contribution in [2.75, 3.05) is 6.54 Å². The highest BCUT2D eigenvalue weighted by Gasteiger charge is 2.30. The number of aryl methyl sites for hydroxylation is 1. The van der Waals surface area contributed by atoms with E-state index in [1.165, 1.54) is 19.3 Å². The molecule has 1 aliphatic rings. The van der Waals surface area contributed by atoms with Crippen LogP contribution in [0.1, 0.15) is 37.7 Å². The molecular formula is C12H20ClNO. The van der Waals surface area contributed by atoms with Crippen molar-refractivity contribution >= 4 is 12.4 Å². The maximum atomic E-state index is 5.49. The molecule has 3 heteroatoms. The van der Waals surface area contributed by atoms with E-state index in [0.717, 1.165) is 24.6 Å². The fourth-order valence-electron chi connectivity index (χ4n) is 2.02. The minimum absolute atomic E-state index is 0. The van der Waals surface area contributed by atoms with Gasteiger partial charge in [-0.15, -0.1) is 12.4 Å². The van der Waals surface area contributed by atoms with Crippen LogP contribution in [0.4, 0.5) is 0 Å². The van der Waals surface area contributed by atoms with E-state index in [-0.39, 0.29) is 12.4 Å². The first-order valence-electron chi connectivity index (χ1n) is 5.44. The molecule has 15 heavy (non-hydrogen) atoms. The number of rotatable bonds is 4. The summed E-state index contributed by atoms with van der Waals surface area (Å²) >= 11 is 0. The van der Waals surface area contributed by atoms with Crippen LogP contribution in [-0.2, 0) is 6.54 Å². The zero-order valence-electron chi connectivity index (χ0n) is 9.51. The molecule has 2 rings (SSSR count). The molecule has 0 unspecified atom stereocenters. The largest absolute Gasteiger partial charge is 0.465 e. The van der Waals surface area contributed by atoms with Gasteiger partial charge in [0.2, 0.25) is 0 Å². The lowest BCUT2D eigenvalue weighted by Gasteiger charge is -2.38. The Labute approximate surface area is 97.8 Å². The summed E-state index contributed by atoms with van der Waals surface area (Å²) in [7, 11) is 0. The molecular weight excluding hydrogens is 210 g/mol. The second kappa shape index (κ2) is 5.04. The smallest absolute Gasteiger partial charge is 0.117 e. The van der Waals surface area contributed by atoms with Crippen molar-refractivity contribution in [3.63, 3.8) is 0 Å². The second-order valence-electron chi connectivity index (χ2n) is 4.78. The first-order chi connectivity index (χ1) is 6.68. The molecule has 0 aromatic carbocycles. The van der Waals surface area contributed by atoms with Crippen LogP contribution in [-0.4, -0.2) is 6.54 Å². The quantitative estimate of drug-likeness (QED) is 0.857. The molecule has 1 aromatic rings. The average molecular weight is 230 g/mol. The van der Waals surface area contributed by atoms with E-state index in [1.54, 1.807) is 0 Å². The Kier molecular flexibility index (Phi) is 4.23. The summed E-state index contributed by atoms with van der Waals surface area (Å²) in [6.07, 6.45) is 4.15. The highest BCUT2D eigenvalue weighted by molar-refractivity contribution is 5.85. The van der Waals surface area contributed by atoms with Gasteiger partial charge in [-0.05, 0) is 37.3 Å². The van der Waals surface area contributed by atoms with Crippen molar-refractivity contribution in [2.24, 2.45) is 5.41 Å². The van der Waals surface area contributed by atoms with Crippen LogP contribution in [0.25, 0.3) is 0 Å². The van der Waals surface area contributed by atoms with Gasteiger partial charge in [0.25, 0.3) is 0 Å². The highest BCUT2D eigenvalue weighted by atomic mass is 35.5. The number of halogens is 1. The molecule has 1 saturated carbocycles. The molecule has 0 bridgehead atoms. The van der Waals surface area contributed by atoms with Gasteiger partial charge in [-0.1, -0.05) is 13.3 Å². The Morgan fingerprint density at radius 2 is 2.13 bits per heavy atom. The van der Waals surface area contributed by atoms with E-state index >= 15 is 0 Å². The van der Waals surface area contributed by atoms with Gasteiger partial charge in [-0.2, -0.15) is 0 Å². The van der Waals surface area contributed by atoms with E-state index in [2.05, 4.69) is 12.2 Å². The van der Waals surface area contributed by atoms with E-state index in [1.807, 2.05) is 19.1 Å². The lowest BCUT2D eigenvalue weighted by molar-refractivity contribution is 0.155. The molecule has 1 aromatic heterocycles. The third kappa shape index (κ3) is 3.25. The topological polar surface area (TPSA) is 25.2 Å². The maximum Gasteiger partial charge on any atom is 0.117 e. The van der Waals surface area contributed by atoms with Crippen molar-refractivity contribution < 1.29 is 4.42 Å². The molecule has 0 saturated heterocycles. The van der Waals surface area contributed by atoms with E-state index in [0.29, 0.717) is 5.41 Å². The van der Waals surface area contributed by atoms with E-state index in [4.69, 9.17) is 4.42 Å². The van der Waals surface area contributed by atoms with Crippen LogP contribution < -0.4 is 5.32 Å². The van der Waals surface area contributed by atoms with Crippen molar-refractivity contribution in [1.29, 1.82) is 0 Å². The Bertz CT molecular complexity index is 304. The molecule has 1 heterocycles. The van der Waals surface area contributed by atoms with Crippen molar-refractivity contribution in [1.82, 2.24) is 5.32 Å². The minimum atomic E-state index is 0. The van der Waals surface area contributed by atoms with Gasteiger partial charge >= 0.3 is 0 Å². The summed E-state index contributed by atoms with van der Waals surface area (Å²) in [5.74, 6) is 2.04. The number of hydrogen-bond donors (Lipinski definition) is 1. The number of hydrogen-bond acceptors (Lipinski definition) is 2. The molecule has 1 aliphatic carbocycles. The van der Waals surface area contributed by atoms with Crippen LogP contribution in [0, 0.1) is 12.3 Å². The minimum Gasteiger partial charge on any atom is -0.465 e. The van der Waals surface area contributed by atoms with Crippen LogP contribution in [0.2, 0.25) is 0 Å². The van der Waals surface area contributed by atoms with E-state index in [9.17, 15) is 0 Å². The lowest BCUT2D eigenvalue weighted by Crippen LogP contribution is -2.36. The summed E-state index contributed by atoms with van der Waals surface area (Å²) in [5.41, 5.74) is 0.557. The zero-order valence-corrected chi connectivity index (χ0v) is 10.3. The van der Waals surface area contributed by atoms with Crippen LogP contribution in [0.5, 0.6) is 0 Å².